The maximum absolute atomic E-state index is 14.1. The topological polar surface area (TPSA) is 123 Å². The minimum absolute atomic E-state index is 0.143. The molecule has 1 aliphatic carbocycles. The van der Waals surface area contributed by atoms with Crippen LogP contribution in [0.15, 0.2) is 24.5 Å². The van der Waals surface area contributed by atoms with Crippen molar-refractivity contribution < 1.29 is 18.7 Å². The third kappa shape index (κ3) is 6.49. The van der Waals surface area contributed by atoms with Crippen molar-refractivity contribution in [2.45, 2.75) is 57.1 Å². The van der Waals surface area contributed by atoms with E-state index in [4.69, 9.17) is 16.9 Å². The molecular weight excluding hydrogens is 454 g/mol. The Kier molecular flexibility index (Phi) is 7.66. The normalized spacial score (nSPS) is 18.9. The summed E-state index contributed by atoms with van der Waals surface area (Å²) in [5.74, 6) is -0.0166. The van der Waals surface area contributed by atoms with Crippen LogP contribution in [-0.2, 0) is 0 Å². The van der Waals surface area contributed by atoms with Crippen LogP contribution in [-0.4, -0.2) is 51.5 Å². The molecule has 1 amide bonds. The van der Waals surface area contributed by atoms with Gasteiger partial charge in [0.15, 0.2) is 0 Å². The lowest BCUT2D eigenvalue weighted by atomic mass is 10.0. The average Bonchev–Trinajstić information content (AvgIpc) is 3.17. The number of nitrogens with one attached hydrogen (secondary N) is 3. The van der Waals surface area contributed by atoms with Gasteiger partial charge in [-0.25, -0.2) is 18.7 Å². The van der Waals surface area contributed by atoms with Gasteiger partial charge in [-0.2, -0.15) is 5.26 Å². The number of carbonyl (C=O) groups is 1. The van der Waals surface area contributed by atoms with Crippen molar-refractivity contribution in [2.75, 3.05) is 17.2 Å². The maximum Gasteiger partial charge on any atom is 0.255 e. The maximum atomic E-state index is 14.1. The van der Waals surface area contributed by atoms with E-state index in [1.807, 2.05) is 6.07 Å². The van der Waals surface area contributed by atoms with Crippen LogP contribution in [0, 0.1) is 11.3 Å². The molecule has 3 rings (SSSR count). The third-order valence-corrected chi connectivity index (χ3v) is 5.59. The lowest BCUT2D eigenvalue weighted by molar-refractivity contribution is -0.00177. The number of pyridine rings is 2. The van der Waals surface area contributed by atoms with Gasteiger partial charge in [-0.3, -0.25) is 4.79 Å². The van der Waals surface area contributed by atoms with Crippen LogP contribution in [0.1, 0.15) is 49.0 Å². The standard InChI is InChI=1S/C22H25ClF2N6O2/c1-22(2,33)18(25)11-29-21(32)15-10-27-19(7-17(15)30-14-4-3-13(24)6-14)31-20-16(23)5-12(8-26)9-28-20/h5,7,9-10,13-14,18,33H,3-4,6,11H2,1-2H3,(H,29,32)(H2,27,28,30,31). The molecule has 8 nitrogen and oxygen atoms in total. The lowest BCUT2D eigenvalue weighted by Gasteiger charge is -2.23. The number of anilines is 3. The second-order valence-corrected chi connectivity index (χ2v) is 8.90. The molecule has 3 unspecified atom stereocenters. The molecule has 0 radical (unpaired) electrons. The molecule has 11 heteroatoms. The van der Waals surface area contributed by atoms with E-state index in [0.29, 0.717) is 36.3 Å². The predicted molar refractivity (Wildman–Crippen MR) is 121 cm³/mol. The molecule has 0 aromatic carbocycles. The first-order valence-corrected chi connectivity index (χ1v) is 10.8. The number of nitrogens with zero attached hydrogens (tertiary/aromatic N) is 3. The average molecular weight is 479 g/mol. The van der Waals surface area contributed by atoms with Crippen molar-refractivity contribution in [1.29, 1.82) is 5.26 Å². The van der Waals surface area contributed by atoms with Gasteiger partial charge in [0.2, 0.25) is 0 Å². The van der Waals surface area contributed by atoms with Crippen molar-refractivity contribution in [1.82, 2.24) is 15.3 Å². The van der Waals surface area contributed by atoms with Gasteiger partial charge in [-0.15, -0.1) is 0 Å². The number of aliphatic hydroxyl groups is 1. The molecule has 3 atom stereocenters. The molecule has 4 N–H and O–H groups in total. The molecule has 2 aromatic rings. The van der Waals surface area contributed by atoms with Gasteiger partial charge in [0, 0.05) is 24.5 Å². The van der Waals surface area contributed by atoms with Gasteiger partial charge in [-0.05, 0) is 39.2 Å². The number of halogens is 3. The predicted octanol–water partition coefficient (Wildman–Crippen LogP) is 3.89. The van der Waals surface area contributed by atoms with Gasteiger partial charge in [0.1, 0.15) is 30.0 Å². The molecule has 1 fully saturated rings. The summed E-state index contributed by atoms with van der Waals surface area (Å²) in [4.78, 5) is 21.0. The van der Waals surface area contributed by atoms with Crippen molar-refractivity contribution in [3.63, 3.8) is 0 Å². The molecule has 176 valence electrons. The fourth-order valence-corrected chi connectivity index (χ4v) is 3.55. The molecular formula is C22H25ClF2N6O2. The quantitative estimate of drug-likeness (QED) is 0.454. The Bertz CT molecular complexity index is 1060. The summed E-state index contributed by atoms with van der Waals surface area (Å²) < 4.78 is 27.7. The zero-order valence-electron chi connectivity index (χ0n) is 18.2. The highest BCUT2D eigenvalue weighted by molar-refractivity contribution is 6.33. The van der Waals surface area contributed by atoms with Crippen LogP contribution in [0.4, 0.5) is 26.1 Å². The van der Waals surface area contributed by atoms with E-state index in [1.165, 1.54) is 32.3 Å². The first-order valence-electron chi connectivity index (χ1n) is 10.4. The van der Waals surface area contributed by atoms with Gasteiger partial charge < -0.3 is 21.1 Å². The molecule has 0 bridgehead atoms. The molecule has 1 aliphatic rings. The first-order chi connectivity index (χ1) is 15.6. The molecule has 0 aliphatic heterocycles. The number of amides is 1. The SMILES string of the molecule is CC(C)(O)C(F)CNC(=O)c1cnc(Nc2ncc(C#N)cc2Cl)cc1NC1CCC(F)C1. The highest BCUT2D eigenvalue weighted by Crippen LogP contribution is 2.29. The van der Waals surface area contributed by atoms with Crippen molar-refractivity contribution in [3.8, 4) is 6.07 Å². The third-order valence-electron chi connectivity index (χ3n) is 5.30. The minimum atomic E-state index is -1.67. The van der Waals surface area contributed by atoms with Crippen LogP contribution < -0.4 is 16.0 Å². The summed E-state index contributed by atoms with van der Waals surface area (Å²) >= 11 is 6.16. The zero-order valence-corrected chi connectivity index (χ0v) is 19.0. The summed E-state index contributed by atoms with van der Waals surface area (Å²) in [5, 5.41) is 27.5. The van der Waals surface area contributed by atoms with Crippen molar-refractivity contribution in [3.05, 3.63) is 40.7 Å². The molecule has 0 spiro atoms. The number of rotatable bonds is 8. The summed E-state index contributed by atoms with van der Waals surface area (Å²) in [6.45, 7) is 2.24. The number of nitriles is 1. The summed E-state index contributed by atoms with van der Waals surface area (Å²) in [5.41, 5.74) is -0.780. The van der Waals surface area contributed by atoms with Crippen LogP contribution in [0.3, 0.4) is 0 Å². The van der Waals surface area contributed by atoms with E-state index in [0.717, 1.165) is 0 Å². The van der Waals surface area contributed by atoms with Crippen LogP contribution in [0.2, 0.25) is 5.02 Å². The Morgan fingerprint density at radius 3 is 2.73 bits per heavy atom. The second-order valence-electron chi connectivity index (χ2n) is 8.49. The van der Waals surface area contributed by atoms with Gasteiger partial charge in [0.25, 0.3) is 5.91 Å². The number of aromatic nitrogens is 2. The van der Waals surface area contributed by atoms with Gasteiger partial charge in [-0.1, -0.05) is 11.6 Å². The lowest BCUT2D eigenvalue weighted by Crippen LogP contribution is -2.42. The highest BCUT2D eigenvalue weighted by atomic mass is 35.5. The molecule has 33 heavy (non-hydrogen) atoms. The molecule has 1 saturated carbocycles. The van der Waals surface area contributed by atoms with Crippen LogP contribution in [0.25, 0.3) is 0 Å². The largest absolute Gasteiger partial charge is 0.387 e. The van der Waals surface area contributed by atoms with Crippen molar-refractivity contribution in [2.24, 2.45) is 0 Å². The minimum Gasteiger partial charge on any atom is -0.387 e. The monoisotopic (exact) mass is 478 g/mol. The Labute approximate surface area is 195 Å². The second kappa shape index (κ2) is 10.3. The van der Waals surface area contributed by atoms with Crippen molar-refractivity contribution >= 4 is 34.8 Å². The van der Waals surface area contributed by atoms with E-state index in [9.17, 15) is 18.7 Å². The number of alkyl halides is 2. The van der Waals surface area contributed by atoms with E-state index in [1.54, 1.807) is 6.07 Å². The number of carbonyl (C=O) groups excluding carboxylic acids is 1. The summed E-state index contributed by atoms with van der Waals surface area (Å²) in [6, 6.07) is 4.77. The van der Waals surface area contributed by atoms with Crippen LogP contribution >= 0.6 is 11.6 Å². The van der Waals surface area contributed by atoms with Gasteiger partial charge >= 0.3 is 0 Å². The van der Waals surface area contributed by atoms with E-state index >= 15 is 0 Å². The fraction of sp³-hybridized carbons (Fsp3) is 0.455. The summed E-state index contributed by atoms with van der Waals surface area (Å²) in [7, 11) is 0. The molecule has 0 saturated heterocycles. The Morgan fingerprint density at radius 2 is 2.12 bits per heavy atom. The van der Waals surface area contributed by atoms with Gasteiger partial charge in [0.05, 0.1) is 34.0 Å². The molecule has 2 heterocycles. The molecule has 2 aromatic heterocycles. The van der Waals surface area contributed by atoms with Crippen LogP contribution in [0.5, 0.6) is 0 Å². The summed E-state index contributed by atoms with van der Waals surface area (Å²) in [6.07, 6.45) is 1.40. The zero-order chi connectivity index (χ0) is 24.2. The fourth-order valence-electron chi connectivity index (χ4n) is 3.34. The first kappa shape index (κ1) is 24.6. The number of hydrogen-bond donors (Lipinski definition) is 4. The highest BCUT2D eigenvalue weighted by Gasteiger charge is 2.28. The Hall–Kier alpha value is -3.03. The van der Waals surface area contributed by atoms with E-state index < -0.39 is 23.9 Å². The number of hydrogen-bond acceptors (Lipinski definition) is 7. The Morgan fingerprint density at radius 1 is 1.36 bits per heavy atom. The van der Waals surface area contributed by atoms with E-state index in [-0.39, 0.29) is 29.0 Å². The Balaban J connectivity index is 1.83. The van der Waals surface area contributed by atoms with E-state index in [2.05, 4.69) is 25.9 Å². The smallest absolute Gasteiger partial charge is 0.255 e.